The molecule has 0 atom stereocenters. The number of aromatic nitrogens is 4. The van der Waals surface area contributed by atoms with E-state index in [0.29, 0.717) is 43.5 Å². The largest absolute Gasteiger partial charge is 0.383 e. The van der Waals surface area contributed by atoms with Crippen molar-refractivity contribution in [2.75, 3.05) is 36.8 Å². The fourth-order valence-corrected chi connectivity index (χ4v) is 2.35. The summed E-state index contributed by atoms with van der Waals surface area (Å²) >= 11 is 0. The van der Waals surface area contributed by atoms with E-state index in [4.69, 9.17) is 5.73 Å². The van der Waals surface area contributed by atoms with Crippen LogP contribution in [0.25, 0.3) is 0 Å². The average molecular weight is 287 g/mol. The van der Waals surface area contributed by atoms with Gasteiger partial charge < -0.3 is 15.5 Å². The van der Waals surface area contributed by atoms with Crippen molar-refractivity contribution in [2.45, 2.75) is 0 Å². The summed E-state index contributed by atoms with van der Waals surface area (Å²) in [7, 11) is 1.72. The summed E-state index contributed by atoms with van der Waals surface area (Å²) < 4.78 is 1.50. The van der Waals surface area contributed by atoms with Gasteiger partial charge in [-0.25, -0.2) is 9.97 Å². The summed E-state index contributed by atoms with van der Waals surface area (Å²) in [6.07, 6.45) is 4.96. The van der Waals surface area contributed by atoms with Gasteiger partial charge in [0.1, 0.15) is 11.4 Å². The fraction of sp³-hybridized carbons (Fsp3) is 0.385. The molecule has 8 heteroatoms. The molecule has 0 radical (unpaired) electrons. The van der Waals surface area contributed by atoms with Crippen LogP contribution < -0.4 is 10.6 Å². The predicted octanol–water partition coefficient (Wildman–Crippen LogP) is -0.245. The van der Waals surface area contributed by atoms with Crippen LogP contribution in [-0.2, 0) is 7.05 Å². The van der Waals surface area contributed by atoms with E-state index >= 15 is 0 Å². The molecule has 2 N–H and O–H groups in total. The number of hydrogen-bond donors (Lipinski definition) is 1. The second-order valence-corrected chi connectivity index (χ2v) is 4.90. The zero-order valence-corrected chi connectivity index (χ0v) is 11.8. The Balaban J connectivity index is 1.66. The van der Waals surface area contributed by atoms with Crippen molar-refractivity contribution in [3.8, 4) is 0 Å². The van der Waals surface area contributed by atoms with Crippen LogP contribution in [-0.4, -0.2) is 56.7 Å². The van der Waals surface area contributed by atoms with Crippen molar-refractivity contribution in [1.82, 2.24) is 24.6 Å². The summed E-state index contributed by atoms with van der Waals surface area (Å²) in [5, 5.41) is 4.01. The lowest BCUT2D eigenvalue weighted by atomic mass is 10.2. The standard InChI is InChI=1S/C13H17N7O/c1-18-11(14)10(9-17-18)12(21)19-5-7-20(8-6-19)13-15-3-2-4-16-13/h2-4,9H,5-8,14H2,1H3. The Morgan fingerprint density at radius 2 is 1.86 bits per heavy atom. The number of hydrogen-bond acceptors (Lipinski definition) is 6. The Morgan fingerprint density at radius 1 is 1.19 bits per heavy atom. The fourth-order valence-electron chi connectivity index (χ4n) is 2.35. The van der Waals surface area contributed by atoms with Crippen molar-refractivity contribution in [3.05, 3.63) is 30.2 Å². The van der Waals surface area contributed by atoms with Crippen LogP contribution in [0.4, 0.5) is 11.8 Å². The van der Waals surface area contributed by atoms with Gasteiger partial charge in [0.05, 0.1) is 6.20 Å². The maximum atomic E-state index is 12.4. The van der Waals surface area contributed by atoms with Gasteiger partial charge in [-0.3, -0.25) is 9.48 Å². The van der Waals surface area contributed by atoms with E-state index in [0.717, 1.165) is 0 Å². The summed E-state index contributed by atoms with van der Waals surface area (Å²) in [4.78, 5) is 24.7. The molecule has 0 aliphatic carbocycles. The minimum Gasteiger partial charge on any atom is -0.383 e. The number of carbonyl (C=O) groups excluding carboxylic acids is 1. The molecule has 0 bridgehead atoms. The highest BCUT2D eigenvalue weighted by molar-refractivity contribution is 5.98. The smallest absolute Gasteiger partial charge is 0.259 e. The quantitative estimate of drug-likeness (QED) is 0.819. The van der Waals surface area contributed by atoms with Gasteiger partial charge >= 0.3 is 0 Å². The second kappa shape index (κ2) is 5.39. The molecular weight excluding hydrogens is 270 g/mol. The number of aryl methyl sites for hydroxylation is 1. The van der Waals surface area contributed by atoms with Gasteiger partial charge in [-0.2, -0.15) is 5.10 Å². The van der Waals surface area contributed by atoms with Crippen LogP contribution in [0.5, 0.6) is 0 Å². The highest BCUT2D eigenvalue weighted by Gasteiger charge is 2.25. The minimum absolute atomic E-state index is 0.0748. The number of nitrogen functional groups attached to an aromatic ring is 1. The number of nitrogens with two attached hydrogens (primary N) is 1. The van der Waals surface area contributed by atoms with Crippen LogP contribution in [0.15, 0.2) is 24.7 Å². The van der Waals surface area contributed by atoms with E-state index in [-0.39, 0.29) is 5.91 Å². The molecule has 0 unspecified atom stereocenters. The second-order valence-electron chi connectivity index (χ2n) is 4.90. The Bertz CT molecular complexity index is 631. The highest BCUT2D eigenvalue weighted by Crippen LogP contribution is 2.15. The monoisotopic (exact) mass is 287 g/mol. The first kappa shape index (κ1) is 13.3. The summed E-state index contributed by atoms with van der Waals surface area (Å²) in [5.41, 5.74) is 6.31. The van der Waals surface area contributed by atoms with E-state index in [1.165, 1.54) is 10.9 Å². The normalized spacial score (nSPS) is 15.3. The maximum absolute atomic E-state index is 12.4. The summed E-state index contributed by atoms with van der Waals surface area (Å²) in [6, 6.07) is 1.79. The Hall–Kier alpha value is -2.64. The third-order valence-electron chi connectivity index (χ3n) is 3.62. The van der Waals surface area contributed by atoms with Crippen LogP contribution in [0.2, 0.25) is 0 Å². The number of nitrogens with zero attached hydrogens (tertiary/aromatic N) is 6. The number of piperazine rings is 1. The molecule has 1 saturated heterocycles. The molecule has 0 saturated carbocycles. The van der Waals surface area contributed by atoms with Gasteiger partial charge in [-0.1, -0.05) is 0 Å². The molecule has 2 aromatic heterocycles. The molecule has 1 amide bonds. The van der Waals surface area contributed by atoms with Crippen molar-refractivity contribution < 1.29 is 4.79 Å². The van der Waals surface area contributed by atoms with Crippen LogP contribution in [0, 0.1) is 0 Å². The van der Waals surface area contributed by atoms with Crippen molar-refractivity contribution in [1.29, 1.82) is 0 Å². The molecule has 1 aliphatic rings. The molecule has 0 spiro atoms. The number of amides is 1. The van der Waals surface area contributed by atoms with Crippen molar-refractivity contribution >= 4 is 17.7 Å². The number of anilines is 2. The van der Waals surface area contributed by atoms with Gasteiger partial charge in [0, 0.05) is 45.6 Å². The third kappa shape index (κ3) is 2.51. The number of carbonyl (C=O) groups is 1. The summed E-state index contributed by atoms with van der Waals surface area (Å²) in [5.74, 6) is 1.02. The minimum atomic E-state index is -0.0748. The lowest BCUT2D eigenvalue weighted by Crippen LogP contribution is -2.49. The molecular formula is C13H17N7O. The zero-order chi connectivity index (χ0) is 14.8. The Morgan fingerprint density at radius 3 is 2.43 bits per heavy atom. The molecule has 110 valence electrons. The van der Waals surface area contributed by atoms with Crippen LogP contribution in [0.1, 0.15) is 10.4 Å². The molecule has 21 heavy (non-hydrogen) atoms. The van der Waals surface area contributed by atoms with Gasteiger partial charge in [-0.15, -0.1) is 0 Å². The topological polar surface area (TPSA) is 93.2 Å². The van der Waals surface area contributed by atoms with Crippen molar-refractivity contribution in [2.24, 2.45) is 7.05 Å². The molecule has 0 aromatic carbocycles. The molecule has 3 rings (SSSR count). The first-order chi connectivity index (χ1) is 10.2. The molecule has 3 heterocycles. The number of rotatable bonds is 2. The van der Waals surface area contributed by atoms with E-state index < -0.39 is 0 Å². The lowest BCUT2D eigenvalue weighted by Gasteiger charge is -2.34. The molecule has 2 aromatic rings. The SMILES string of the molecule is Cn1ncc(C(=O)N2CCN(c3ncccn3)CC2)c1N. The lowest BCUT2D eigenvalue weighted by molar-refractivity contribution is 0.0747. The highest BCUT2D eigenvalue weighted by atomic mass is 16.2. The Labute approximate surface area is 122 Å². The van der Waals surface area contributed by atoms with E-state index in [9.17, 15) is 4.79 Å². The zero-order valence-electron chi connectivity index (χ0n) is 11.8. The predicted molar refractivity (Wildman–Crippen MR) is 77.8 cm³/mol. The van der Waals surface area contributed by atoms with Crippen molar-refractivity contribution in [3.63, 3.8) is 0 Å². The summed E-state index contributed by atoms with van der Waals surface area (Å²) in [6.45, 7) is 2.64. The first-order valence-corrected chi connectivity index (χ1v) is 6.75. The Kier molecular flexibility index (Phi) is 3.43. The molecule has 1 fully saturated rings. The third-order valence-corrected chi connectivity index (χ3v) is 3.62. The molecule has 8 nitrogen and oxygen atoms in total. The van der Waals surface area contributed by atoms with Gasteiger partial charge in [0.2, 0.25) is 5.95 Å². The average Bonchev–Trinajstić information content (AvgIpc) is 2.87. The maximum Gasteiger partial charge on any atom is 0.259 e. The van der Waals surface area contributed by atoms with E-state index in [1.54, 1.807) is 30.4 Å². The van der Waals surface area contributed by atoms with Crippen LogP contribution >= 0.6 is 0 Å². The van der Waals surface area contributed by atoms with E-state index in [2.05, 4.69) is 20.0 Å². The van der Waals surface area contributed by atoms with Gasteiger partial charge in [-0.05, 0) is 6.07 Å². The molecule has 1 aliphatic heterocycles. The van der Waals surface area contributed by atoms with E-state index in [1.807, 2.05) is 0 Å². The van der Waals surface area contributed by atoms with Gasteiger partial charge in [0.25, 0.3) is 5.91 Å². The van der Waals surface area contributed by atoms with Crippen LogP contribution in [0.3, 0.4) is 0 Å². The van der Waals surface area contributed by atoms with Gasteiger partial charge in [0.15, 0.2) is 0 Å². The first-order valence-electron chi connectivity index (χ1n) is 6.75.